The van der Waals surface area contributed by atoms with E-state index in [0.717, 1.165) is 0 Å². The Kier molecular flexibility index (Phi) is 5.08. The van der Waals surface area contributed by atoms with Crippen molar-refractivity contribution in [1.29, 1.82) is 0 Å². The van der Waals surface area contributed by atoms with Crippen molar-refractivity contribution in [3.63, 3.8) is 0 Å². The molecule has 5 heteroatoms. The van der Waals surface area contributed by atoms with Crippen LogP contribution in [-0.4, -0.2) is 4.89 Å². The van der Waals surface area contributed by atoms with Gasteiger partial charge in [0.15, 0.2) is 0 Å². The van der Waals surface area contributed by atoms with Crippen molar-refractivity contribution in [3.8, 4) is 5.75 Å². The van der Waals surface area contributed by atoms with E-state index in [4.69, 9.17) is 4.52 Å². The SMILES string of the molecule is O=P(O)(Oc1ccccc1)c1ccccc1.[Zn]. The first kappa shape index (κ1) is 14.1. The quantitative estimate of drug-likeness (QED) is 0.700. The van der Waals surface area contributed by atoms with Crippen LogP contribution in [0.2, 0.25) is 0 Å². The van der Waals surface area contributed by atoms with Gasteiger partial charge in [-0.25, -0.2) is 4.57 Å². The topological polar surface area (TPSA) is 46.5 Å². The largest absolute Gasteiger partial charge is 0.421 e. The number of para-hydroxylation sites is 1. The predicted molar refractivity (Wildman–Crippen MR) is 63.0 cm³/mol. The summed E-state index contributed by atoms with van der Waals surface area (Å²) < 4.78 is 17.0. The standard InChI is InChI=1S/C12H11O3P.Zn/c13-16(14,12-9-5-2-6-10-12)15-11-7-3-1-4-8-11;/h1-10H,(H,13,14);. The molecule has 0 saturated heterocycles. The third-order valence-corrected chi connectivity index (χ3v) is 3.46. The van der Waals surface area contributed by atoms with Crippen molar-refractivity contribution >= 4 is 12.9 Å². The van der Waals surface area contributed by atoms with Gasteiger partial charge in [0, 0.05) is 19.5 Å². The van der Waals surface area contributed by atoms with Crippen molar-refractivity contribution in [2.45, 2.75) is 0 Å². The van der Waals surface area contributed by atoms with Crippen molar-refractivity contribution < 1.29 is 33.5 Å². The summed E-state index contributed by atoms with van der Waals surface area (Å²) in [7, 11) is -3.77. The van der Waals surface area contributed by atoms with Crippen LogP contribution in [0, 0.1) is 0 Å². The monoisotopic (exact) mass is 298 g/mol. The van der Waals surface area contributed by atoms with Crippen LogP contribution in [0.5, 0.6) is 5.75 Å². The van der Waals surface area contributed by atoms with Gasteiger partial charge in [-0.15, -0.1) is 0 Å². The number of benzene rings is 2. The van der Waals surface area contributed by atoms with Crippen LogP contribution in [-0.2, 0) is 24.0 Å². The summed E-state index contributed by atoms with van der Waals surface area (Å²) >= 11 is 0. The van der Waals surface area contributed by atoms with Crippen molar-refractivity contribution in [2.75, 3.05) is 0 Å². The predicted octanol–water partition coefficient (Wildman–Crippen LogP) is 2.57. The van der Waals surface area contributed by atoms with Crippen molar-refractivity contribution in [2.24, 2.45) is 0 Å². The molecule has 0 aliphatic carbocycles. The zero-order valence-electron chi connectivity index (χ0n) is 9.19. The number of rotatable bonds is 3. The maximum atomic E-state index is 11.9. The molecular weight excluding hydrogens is 288 g/mol. The van der Waals surface area contributed by atoms with Gasteiger partial charge in [-0.1, -0.05) is 36.4 Å². The first-order valence-corrected chi connectivity index (χ1v) is 6.39. The minimum atomic E-state index is -3.77. The van der Waals surface area contributed by atoms with E-state index < -0.39 is 7.60 Å². The third kappa shape index (κ3) is 3.78. The smallest absolute Gasteiger partial charge is 0.408 e. The Morgan fingerprint density at radius 1 is 0.882 bits per heavy atom. The molecule has 0 aliphatic rings. The molecule has 0 aliphatic heterocycles. The maximum Gasteiger partial charge on any atom is 0.408 e. The zero-order valence-corrected chi connectivity index (χ0v) is 13.1. The normalized spacial score (nSPS) is 13.2. The van der Waals surface area contributed by atoms with E-state index in [1.807, 2.05) is 6.07 Å². The van der Waals surface area contributed by atoms with Crippen LogP contribution in [0.15, 0.2) is 60.7 Å². The zero-order chi connectivity index (χ0) is 11.4. The molecule has 1 unspecified atom stereocenters. The van der Waals surface area contributed by atoms with E-state index in [2.05, 4.69) is 0 Å². The number of hydrogen-bond acceptors (Lipinski definition) is 2. The van der Waals surface area contributed by atoms with Crippen molar-refractivity contribution in [1.82, 2.24) is 0 Å². The Bertz CT molecular complexity index is 502. The molecule has 1 N–H and O–H groups in total. The van der Waals surface area contributed by atoms with E-state index in [9.17, 15) is 9.46 Å². The molecule has 2 aromatic rings. The molecule has 0 fully saturated rings. The summed E-state index contributed by atoms with van der Waals surface area (Å²) in [5.74, 6) is 0.386. The molecular formula is C12H11O3PZn. The molecule has 3 nitrogen and oxygen atoms in total. The van der Waals surface area contributed by atoms with E-state index in [1.165, 1.54) is 0 Å². The molecule has 0 aromatic heterocycles. The van der Waals surface area contributed by atoms with Gasteiger partial charge < -0.3 is 9.42 Å². The Labute approximate surface area is 113 Å². The van der Waals surface area contributed by atoms with E-state index >= 15 is 0 Å². The Morgan fingerprint density at radius 3 is 1.88 bits per heavy atom. The molecule has 0 radical (unpaired) electrons. The molecule has 0 bridgehead atoms. The second kappa shape index (κ2) is 6.11. The maximum absolute atomic E-state index is 11.9. The summed E-state index contributed by atoms with van der Waals surface area (Å²) in [6.45, 7) is 0. The molecule has 0 spiro atoms. The molecule has 84 valence electrons. The summed E-state index contributed by atoms with van der Waals surface area (Å²) in [4.78, 5) is 9.77. The minimum absolute atomic E-state index is 0. The van der Waals surface area contributed by atoms with E-state index in [0.29, 0.717) is 11.1 Å². The van der Waals surface area contributed by atoms with Gasteiger partial charge in [0.2, 0.25) is 0 Å². The summed E-state index contributed by atoms with van der Waals surface area (Å²) in [5.41, 5.74) is 0. The van der Waals surface area contributed by atoms with E-state index in [-0.39, 0.29) is 19.5 Å². The van der Waals surface area contributed by atoms with Crippen molar-refractivity contribution in [3.05, 3.63) is 60.7 Å². The number of hydrogen-bond donors (Lipinski definition) is 1. The molecule has 2 aromatic carbocycles. The van der Waals surface area contributed by atoms with E-state index in [1.54, 1.807) is 54.6 Å². The van der Waals surface area contributed by atoms with Gasteiger partial charge in [-0.3, -0.25) is 0 Å². The Morgan fingerprint density at radius 2 is 1.35 bits per heavy atom. The van der Waals surface area contributed by atoms with Gasteiger partial charge in [0.05, 0.1) is 5.30 Å². The second-order valence-corrected chi connectivity index (χ2v) is 5.00. The first-order chi connectivity index (χ1) is 7.68. The molecule has 2 rings (SSSR count). The molecule has 0 amide bonds. The van der Waals surface area contributed by atoms with Gasteiger partial charge in [-0.2, -0.15) is 0 Å². The first-order valence-electron chi connectivity index (χ1n) is 4.81. The fraction of sp³-hybridized carbons (Fsp3) is 0. The molecule has 17 heavy (non-hydrogen) atoms. The average molecular weight is 300 g/mol. The van der Waals surface area contributed by atoms with Gasteiger partial charge >= 0.3 is 7.60 Å². The fourth-order valence-electron chi connectivity index (χ4n) is 1.29. The van der Waals surface area contributed by atoms with Gasteiger partial charge in [0.1, 0.15) is 5.75 Å². The second-order valence-electron chi connectivity index (χ2n) is 3.26. The minimum Gasteiger partial charge on any atom is -0.421 e. The van der Waals surface area contributed by atoms with Crippen LogP contribution < -0.4 is 9.83 Å². The van der Waals surface area contributed by atoms with Gasteiger partial charge in [-0.05, 0) is 24.3 Å². The molecule has 0 saturated carbocycles. The summed E-state index contributed by atoms with van der Waals surface area (Å²) in [5, 5.41) is 0.291. The average Bonchev–Trinajstić information content (AvgIpc) is 2.31. The Hall–Kier alpha value is -0.947. The van der Waals surface area contributed by atoms with Gasteiger partial charge in [0.25, 0.3) is 0 Å². The molecule has 1 atom stereocenters. The Balaban J connectivity index is 0.00000144. The van der Waals surface area contributed by atoms with Crippen LogP contribution in [0.3, 0.4) is 0 Å². The van der Waals surface area contributed by atoms with Crippen LogP contribution in [0.4, 0.5) is 0 Å². The third-order valence-electron chi connectivity index (χ3n) is 2.05. The molecule has 0 heterocycles. The van der Waals surface area contributed by atoms with Crippen LogP contribution in [0.25, 0.3) is 0 Å². The van der Waals surface area contributed by atoms with Crippen LogP contribution >= 0.6 is 7.60 Å². The van der Waals surface area contributed by atoms with Crippen LogP contribution in [0.1, 0.15) is 0 Å². The summed E-state index contributed by atoms with van der Waals surface area (Å²) in [6.07, 6.45) is 0. The summed E-state index contributed by atoms with van der Waals surface area (Å²) in [6, 6.07) is 16.9. The fourth-order valence-corrected chi connectivity index (χ4v) is 2.36.